The van der Waals surface area contributed by atoms with Crippen LogP contribution in [0.3, 0.4) is 0 Å². The Morgan fingerprint density at radius 3 is 2.78 bits per heavy atom. The molecule has 0 N–H and O–H groups in total. The molecule has 0 unspecified atom stereocenters. The van der Waals surface area contributed by atoms with E-state index in [9.17, 15) is 4.79 Å². The lowest BCUT2D eigenvalue weighted by atomic mass is 9.82. The van der Waals surface area contributed by atoms with Crippen LogP contribution in [0.2, 0.25) is 0 Å². The van der Waals surface area contributed by atoms with Crippen LogP contribution >= 0.6 is 11.3 Å². The minimum Gasteiger partial charge on any atom is -0.293 e. The van der Waals surface area contributed by atoms with Gasteiger partial charge < -0.3 is 0 Å². The third kappa shape index (κ3) is 2.54. The molecule has 0 aliphatic rings. The quantitative estimate of drug-likeness (QED) is 0.540. The minimum absolute atomic E-state index is 0.241. The summed E-state index contributed by atoms with van der Waals surface area (Å²) in [4.78, 5) is 13.4. The van der Waals surface area contributed by atoms with Crippen molar-refractivity contribution in [1.82, 2.24) is 0 Å². The summed E-state index contributed by atoms with van der Waals surface area (Å²) < 4.78 is 1.18. The number of fused-ring (bicyclic) bond motifs is 1. The van der Waals surface area contributed by atoms with Crippen molar-refractivity contribution in [1.29, 1.82) is 0 Å². The zero-order valence-electron chi connectivity index (χ0n) is 10.9. The number of ketones is 1. The van der Waals surface area contributed by atoms with E-state index < -0.39 is 0 Å². The first-order chi connectivity index (χ1) is 8.54. The number of carbonyl (C=O) groups excluding carboxylic acids is 1. The number of hydrogen-bond acceptors (Lipinski definition) is 2. The van der Waals surface area contributed by atoms with E-state index in [1.54, 1.807) is 11.3 Å². The van der Waals surface area contributed by atoms with E-state index in [1.165, 1.54) is 4.70 Å². The second kappa shape index (κ2) is 5.07. The number of thiophene rings is 1. The van der Waals surface area contributed by atoms with Crippen molar-refractivity contribution in [3.05, 3.63) is 47.9 Å². The van der Waals surface area contributed by atoms with Gasteiger partial charge in [0.15, 0.2) is 5.78 Å². The van der Waals surface area contributed by atoms with Gasteiger partial charge in [0.25, 0.3) is 0 Å². The summed E-state index contributed by atoms with van der Waals surface area (Å²) in [7, 11) is 0. The Hall–Kier alpha value is -1.41. The molecule has 0 fully saturated rings. The van der Waals surface area contributed by atoms with Gasteiger partial charge in [-0.15, -0.1) is 17.9 Å². The van der Waals surface area contributed by atoms with Crippen LogP contribution in [0, 0.1) is 5.41 Å². The average Bonchev–Trinajstić information content (AvgIpc) is 2.79. The van der Waals surface area contributed by atoms with Gasteiger partial charge in [-0.25, -0.2) is 0 Å². The average molecular weight is 258 g/mol. The third-order valence-electron chi connectivity index (χ3n) is 3.24. The molecule has 2 rings (SSSR count). The highest BCUT2D eigenvalue weighted by Crippen LogP contribution is 2.33. The second-order valence-electron chi connectivity index (χ2n) is 5.19. The van der Waals surface area contributed by atoms with Crippen LogP contribution in [0.1, 0.15) is 36.4 Å². The van der Waals surface area contributed by atoms with E-state index in [4.69, 9.17) is 0 Å². The van der Waals surface area contributed by atoms with Crippen LogP contribution in [0.5, 0.6) is 0 Å². The van der Waals surface area contributed by atoms with Gasteiger partial charge in [-0.3, -0.25) is 4.79 Å². The normalized spacial score (nSPS) is 11.7. The van der Waals surface area contributed by atoms with Gasteiger partial charge in [0.2, 0.25) is 0 Å². The molecule has 18 heavy (non-hydrogen) atoms. The zero-order valence-corrected chi connectivity index (χ0v) is 11.7. The molecule has 0 saturated carbocycles. The topological polar surface area (TPSA) is 17.1 Å². The summed E-state index contributed by atoms with van der Waals surface area (Å²) in [5, 5.41) is 1.16. The first-order valence-electron chi connectivity index (χ1n) is 6.19. The maximum Gasteiger partial charge on any atom is 0.178 e. The monoisotopic (exact) mass is 258 g/mol. The fourth-order valence-corrected chi connectivity index (χ4v) is 3.19. The highest BCUT2D eigenvalue weighted by Gasteiger charge is 2.28. The molecule has 0 aliphatic carbocycles. The number of benzene rings is 1. The second-order valence-corrected chi connectivity index (χ2v) is 6.27. The molecular formula is C16H18OS. The van der Waals surface area contributed by atoms with Crippen molar-refractivity contribution in [3.8, 4) is 0 Å². The number of allylic oxidation sites excluding steroid dienone is 1. The maximum absolute atomic E-state index is 12.5. The van der Waals surface area contributed by atoms with Crippen molar-refractivity contribution in [2.24, 2.45) is 5.41 Å². The number of hydrogen-bond donors (Lipinski definition) is 0. The fraction of sp³-hybridized carbons (Fsp3) is 0.312. The fourth-order valence-electron chi connectivity index (χ4n) is 2.00. The molecule has 0 saturated heterocycles. The number of carbonyl (C=O) groups is 1. The molecular weight excluding hydrogens is 240 g/mol. The highest BCUT2D eigenvalue weighted by atomic mass is 32.1. The van der Waals surface area contributed by atoms with Crippen molar-refractivity contribution < 1.29 is 4.79 Å². The van der Waals surface area contributed by atoms with E-state index in [2.05, 4.69) is 18.7 Å². The highest BCUT2D eigenvalue weighted by molar-refractivity contribution is 7.20. The molecule has 94 valence electrons. The summed E-state index contributed by atoms with van der Waals surface area (Å²) in [6.45, 7) is 7.76. The maximum atomic E-state index is 12.5. The Kier molecular flexibility index (Phi) is 3.67. The van der Waals surface area contributed by atoms with E-state index >= 15 is 0 Å². The largest absolute Gasteiger partial charge is 0.293 e. The Balaban J connectivity index is 2.30. The van der Waals surface area contributed by atoms with Crippen LogP contribution in [0.25, 0.3) is 10.1 Å². The molecule has 0 atom stereocenters. The molecule has 0 radical (unpaired) electrons. The molecule has 1 aromatic heterocycles. The van der Waals surface area contributed by atoms with Crippen molar-refractivity contribution in [2.45, 2.75) is 26.7 Å². The SMILES string of the molecule is C=CCCC(C)(C)C(=O)c1cc2ccccc2s1. The Morgan fingerprint density at radius 1 is 1.39 bits per heavy atom. The first kappa shape index (κ1) is 13.0. The van der Waals surface area contributed by atoms with Crippen LogP contribution in [-0.4, -0.2) is 5.78 Å². The minimum atomic E-state index is -0.310. The first-order valence-corrected chi connectivity index (χ1v) is 7.00. The molecule has 0 aliphatic heterocycles. The summed E-state index contributed by atoms with van der Waals surface area (Å²) in [5.41, 5.74) is -0.310. The molecule has 1 aromatic carbocycles. The number of Topliss-reactive ketones (excluding diaryl/α,β-unsaturated/α-hetero) is 1. The van der Waals surface area contributed by atoms with Gasteiger partial charge in [-0.05, 0) is 30.4 Å². The predicted octanol–water partition coefficient (Wildman–Crippen LogP) is 5.08. The zero-order chi connectivity index (χ0) is 13.2. The van der Waals surface area contributed by atoms with Crippen molar-refractivity contribution in [3.63, 3.8) is 0 Å². The van der Waals surface area contributed by atoms with Crippen LogP contribution < -0.4 is 0 Å². The van der Waals surface area contributed by atoms with E-state index in [1.807, 2.05) is 38.1 Å². The van der Waals surface area contributed by atoms with Gasteiger partial charge in [-0.2, -0.15) is 0 Å². The summed E-state index contributed by atoms with van der Waals surface area (Å²) in [6.07, 6.45) is 3.60. The van der Waals surface area contributed by atoms with Crippen LogP contribution in [0.4, 0.5) is 0 Å². The molecule has 1 heterocycles. The Morgan fingerprint density at radius 2 is 2.11 bits per heavy atom. The molecule has 0 spiro atoms. The van der Waals surface area contributed by atoms with Gasteiger partial charge >= 0.3 is 0 Å². The van der Waals surface area contributed by atoms with Crippen molar-refractivity contribution >= 4 is 27.2 Å². The lowest BCUT2D eigenvalue weighted by Gasteiger charge is -2.21. The Bertz CT molecular complexity index is 545. The molecule has 0 bridgehead atoms. The van der Waals surface area contributed by atoms with Gasteiger partial charge in [0.1, 0.15) is 0 Å². The van der Waals surface area contributed by atoms with Gasteiger partial charge in [0.05, 0.1) is 4.88 Å². The van der Waals surface area contributed by atoms with E-state index in [0.717, 1.165) is 23.1 Å². The van der Waals surface area contributed by atoms with Crippen LogP contribution in [0.15, 0.2) is 43.0 Å². The van der Waals surface area contributed by atoms with E-state index in [-0.39, 0.29) is 11.2 Å². The van der Waals surface area contributed by atoms with Gasteiger partial charge in [-0.1, -0.05) is 38.1 Å². The van der Waals surface area contributed by atoms with Gasteiger partial charge in [0, 0.05) is 10.1 Å². The number of rotatable bonds is 5. The van der Waals surface area contributed by atoms with Crippen molar-refractivity contribution in [2.75, 3.05) is 0 Å². The molecule has 0 amide bonds. The summed E-state index contributed by atoms with van der Waals surface area (Å²) in [5.74, 6) is 0.241. The van der Waals surface area contributed by atoms with E-state index in [0.29, 0.717) is 0 Å². The summed E-state index contributed by atoms with van der Waals surface area (Å²) >= 11 is 1.59. The molecule has 1 nitrogen and oxygen atoms in total. The predicted molar refractivity (Wildman–Crippen MR) is 79.4 cm³/mol. The lowest BCUT2D eigenvalue weighted by Crippen LogP contribution is -2.23. The molecule has 2 aromatic rings. The molecule has 2 heteroatoms. The summed E-state index contributed by atoms with van der Waals surface area (Å²) in [6, 6.07) is 10.1. The third-order valence-corrected chi connectivity index (χ3v) is 4.35. The Labute approximate surface area is 112 Å². The van der Waals surface area contributed by atoms with Crippen LogP contribution in [-0.2, 0) is 0 Å². The smallest absolute Gasteiger partial charge is 0.178 e. The standard InChI is InChI=1S/C16H18OS/c1-4-5-10-16(2,3)15(17)14-11-12-8-6-7-9-13(12)18-14/h4,6-9,11H,1,5,10H2,2-3H3. The lowest BCUT2D eigenvalue weighted by molar-refractivity contribution is 0.0832.